The van der Waals surface area contributed by atoms with Crippen LogP contribution in [0.15, 0.2) is 78.9 Å². The minimum absolute atomic E-state index is 0.251. The van der Waals surface area contributed by atoms with E-state index in [-0.39, 0.29) is 11.5 Å². The molecule has 0 amide bonds. The van der Waals surface area contributed by atoms with Crippen LogP contribution in [0.1, 0.15) is 52.9 Å². The van der Waals surface area contributed by atoms with Crippen molar-refractivity contribution in [2.24, 2.45) is 11.3 Å². The summed E-state index contributed by atoms with van der Waals surface area (Å²) in [6, 6.07) is 27.4. The number of benzene rings is 3. The summed E-state index contributed by atoms with van der Waals surface area (Å²) in [5.74, 6) is 1.80. The highest BCUT2D eigenvalue weighted by molar-refractivity contribution is 5.82. The van der Waals surface area contributed by atoms with Crippen molar-refractivity contribution < 1.29 is 9.47 Å². The molecule has 0 aliphatic heterocycles. The summed E-state index contributed by atoms with van der Waals surface area (Å²) in [6.07, 6.45) is 6.80. The molecule has 3 aromatic carbocycles. The van der Waals surface area contributed by atoms with Gasteiger partial charge in [-0.25, -0.2) is 0 Å². The third-order valence-corrected chi connectivity index (χ3v) is 7.44. The van der Waals surface area contributed by atoms with Crippen molar-refractivity contribution in [1.82, 2.24) is 0 Å². The lowest BCUT2D eigenvalue weighted by Crippen LogP contribution is -2.31. The zero-order valence-corrected chi connectivity index (χ0v) is 20.4. The molecule has 3 atom stereocenters. The van der Waals surface area contributed by atoms with Gasteiger partial charge in [0.1, 0.15) is 12.4 Å². The molecule has 3 aromatic rings. The standard InChI is InChI=1S/C31H38O2/c1-4-12-25-19-20-31(3,23-25)24(2)32-21-22-33-30-28(26-13-7-5-8-14-26)17-11-18-29(30)27-15-9-6-10-16-27/h5-11,13-18,24-25H,4,12,19-23H2,1-3H3. The van der Waals surface area contributed by atoms with Gasteiger partial charge in [-0.05, 0) is 48.6 Å². The van der Waals surface area contributed by atoms with Crippen molar-refractivity contribution >= 4 is 0 Å². The van der Waals surface area contributed by atoms with Gasteiger partial charge in [0.05, 0.1) is 12.7 Å². The van der Waals surface area contributed by atoms with Gasteiger partial charge >= 0.3 is 0 Å². The number of rotatable bonds is 10. The molecule has 3 unspecified atom stereocenters. The largest absolute Gasteiger partial charge is 0.490 e. The number of para-hydroxylation sites is 1. The van der Waals surface area contributed by atoms with Crippen LogP contribution in [-0.2, 0) is 4.74 Å². The van der Waals surface area contributed by atoms with Crippen LogP contribution in [0.4, 0.5) is 0 Å². The second-order valence-corrected chi connectivity index (χ2v) is 9.83. The van der Waals surface area contributed by atoms with E-state index in [1.807, 2.05) is 0 Å². The third kappa shape index (κ3) is 5.68. The van der Waals surface area contributed by atoms with E-state index in [0.29, 0.717) is 13.2 Å². The summed E-state index contributed by atoms with van der Waals surface area (Å²) in [5.41, 5.74) is 4.86. The van der Waals surface area contributed by atoms with Gasteiger partial charge in [-0.3, -0.25) is 0 Å². The van der Waals surface area contributed by atoms with Crippen molar-refractivity contribution in [2.75, 3.05) is 13.2 Å². The first-order valence-electron chi connectivity index (χ1n) is 12.6. The Kier molecular flexibility index (Phi) is 7.88. The first kappa shape index (κ1) is 23.6. The van der Waals surface area contributed by atoms with E-state index in [1.54, 1.807) is 0 Å². The highest BCUT2D eigenvalue weighted by Gasteiger charge is 2.39. The Hall–Kier alpha value is -2.58. The molecule has 0 aromatic heterocycles. The number of hydrogen-bond donors (Lipinski definition) is 0. The summed E-state index contributed by atoms with van der Waals surface area (Å²) < 4.78 is 12.8. The third-order valence-electron chi connectivity index (χ3n) is 7.44. The Balaban J connectivity index is 1.46. The number of hydrogen-bond acceptors (Lipinski definition) is 2. The summed E-state index contributed by atoms with van der Waals surface area (Å²) in [5, 5.41) is 0. The highest BCUT2D eigenvalue weighted by Crippen LogP contribution is 2.46. The normalized spacial score (nSPS) is 21.1. The van der Waals surface area contributed by atoms with Gasteiger partial charge in [-0.15, -0.1) is 0 Å². The summed E-state index contributed by atoms with van der Waals surface area (Å²) in [4.78, 5) is 0. The van der Waals surface area contributed by atoms with Crippen molar-refractivity contribution in [1.29, 1.82) is 0 Å². The molecule has 1 aliphatic carbocycles. The van der Waals surface area contributed by atoms with Gasteiger partial charge in [0, 0.05) is 11.1 Å². The van der Waals surface area contributed by atoms with Crippen LogP contribution >= 0.6 is 0 Å². The molecule has 2 nitrogen and oxygen atoms in total. The fourth-order valence-corrected chi connectivity index (χ4v) is 5.37. The van der Waals surface area contributed by atoms with E-state index in [4.69, 9.17) is 9.47 Å². The summed E-state index contributed by atoms with van der Waals surface area (Å²) >= 11 is 0. The van der Waals surface area contributed by atoms with Gasteiger partial charge in [0.15, 0.2) is 0 Å². The van der Waals surface area contributed by atoms with E-state index in [1.165, 1.54) is 43.2 Å². The molecule has 0 N–H and O–H groups in total. The van der Waals surface area contributed by atoms with Gasteiger partial charge < -0.3 is 9.47 Å². The van der Waals surface area contributed by atoms with Crippen LogP contribution in [0.25, 0.3) is 22.3 Å². The highest BCUT2D eigenvalue weighted by atomic mass is 16.5. The molecule has 0 bridgehead atoms. The zero-order valence-electron chi connectivity index (χ0n) is 20.4. The first-order chi connectivity index (χ1) is 16.1. The molecule has 2 heteroatoms. The molecule has 0 radical (unpaired) electrons. The molecule has 174 valence electrons. The van der Waals surface area contributed by atoms with E-state index in [0.717, 1.165) is 22.8 Å². The lowest BCUT2D eigenvalue weighted by Gasteiger charge is -2.32. The fraction of sp³-hybridized carbons (Fsp3) is 0.419. The maximum Gasteiger partial charge on any atom is 0.135 e. The molecule has 0 spiro atoms. The van der Waals surface area contributed by atoms with Crippen LogP contribution < -0.4 is 4.74 Å². The average Bonchev–Trinajstić information content (AvgIpc) is 3.24. The molecule has 1 aliphatic rings. The van der Waals surface area contributed by atoms with Gasteiger partial charge in [0.2, 0.25) is 0 Å². The summed E-state index contributed by atoms with van der Waals surface area (Å²) in [6.45, 7) is 8.10. The van der Waals surface area contributed by atoms with Crippen LogP contribution in [0, 0.1) is 11.3 Å². The predicted molar refractivity (Wildman–Crippen MR) is 139 cm³/mol. The lowest BCUT2D eigenvalue weighted by atomic mass is 9.82. The molecule has 0 saturated heterocycles. The minimum Gasteiger partial charge on any atom is -0.490 e. The monoisotopic (exact) mass is 442 g/mol. The Morgan fingerprint density at radius 1 is 0.848 bits per heavy atom. The molecular formula is C31H38O2. The topological polar surface area (TPSA) is 18.5 Å². The molecule has 33 heavy (non-hydrogen) atoms. The number of ether oxygens (including phenoxy) is 2. The Morgan fingerprint density at radius 2 is 1.45 bits per heavy atom. The van der Waals surface area contributed by atoms with Crippen LogP contribution in [-0.4, -0.2) is 19.3 Å². The molecule has 1 fully saturated rings. The molecular weight excluding hydrogens is 404 g/mol. The second kappa shape index (κ2) is 11.0. The summed E-state index contributed by atoms with van der Waals surface area (Å²) in [7, 11) is 0. The van der Waals surface area contributed by atoms with E-state index < -0.39 is 0 Å². The van der Waals surface area contributed by atoms with Gasteiger partial charge in [-0.1, -0.05) is 106 Å². The van der Waals surface area contributed by atoms with Crippen LogP contribution in [0.2, 0.25) is 0 Å². The molecule has 0 heterocycles. The molecule has 4 rings (SSSR count). The van der Waals surface area contributed by atoms with Crippen molar-refractivity contribution in [2.45, 2.75) is 59.0 Å². The Bertz CT molecular complexity index is 940. The first-order valence-corrected chi connectivity index (χ1v) is 12.6. The Labute approximate surface area is 200 Å². The van der Waals surface area contributed by atoms with Crippen molar-refractivity contribution in [3.63, 3.8) is 0 Å². The predicted octanol–water partition coefficient (Wildman–Crippen LogP) is 8.41. The van der Waals surface area contributed by atoms with E-state index in [9.17, 15) is 0 Å². The van der Waals surface area contributed by atoms with Gasteiger partial charge in [-0.2, -0.15) is 0 Å². The zero-order chi connectivity index (χ0) is 23.1. The minimum atomic E-state index is 0.251. The Morgan fingerprint density at radius 3 is 2.03 bits per heavy atom. The van der Waals surface area contributed by atoms with E-state index >= 15 is 0 Å². The smallest absolute Gasteiger partial charge is 0.135 e. The van der Waals surface area contributed by atoms with Gasteiger partial charge in [0.25, 0.3) is 0 Å². The second-order valence-electron chi connectivity index (χ2n) is 9.83. The maximum absolute atomic E-state index is 6.46. The van der Waals surface area contributed by atoms with Crippen molar-refractivity contribution in [3.8, 4) is 28.0 Å². The van der Waals surface area contributed by atoms with Crippen LogP contribution in [0.3, 0.4) is 0 Å². The SMILES string of the molecule is CCCC1CCC(C)(C(C)OCCOc2c(-c3ccccc3)cccc2-c2ccccc2)C1. The van der Waals surface area contributed by atoms with E-state index in [2.05, 4.69) is 99.6 Å². The average molecular weight is 443 g/mol. The quantitative estimate of drug-likeness (QED) is 0.293. The maximum atomic E-state index is 6.46. The van der Waals surface area contributed by atoms with Crippen molar-refractivity contribution in [3.05, 3.63) is 78.9 Å². The fourth-order valence-electron chi connectivity index (χ4n) is 5.37. The molecule has 1 saturated carbocycles. The lowest BCUT2D eigenvalue weighted by molar-refractivity contribution is -0.0304. The van der Waals surface area contributed by atoms with Crippen LogP contribution in [0.5, 0.6) is 5.75 Å².